The number of nitrogens with zero attached hydrogens (tertiary/aromatic N) is 1. The number of ether oxygens (including phenoxy) is 1. The molecule has 2 aromatic rings. The number of fused-ring (bicyclic) bond motifs is 1. The second kappa shape index (κ2) is 8.96. The Morgan fingerprint density at radius 3 is 2.44 bits per heavy atom. The summed E-state index contributed by atoms with van der Waals surface area (Å²) in [7, 11) is 3.19. The third kappa shape index (κ3) is 4.92. The van der Waals surface area contributed by atoms with E-state index in [-0.39, 0.29) is 11.9 Å². The van der Waals surface area contributed by atoms with Crippen molar-refractivity contribution in [1.29, 1.82) is 0 Å². The Morgan fingerprint density at radius 1 is 1.16 bits per heavy atom. The minimum atomic E-state index is -0.304. The average molecular weight is 534 g/mol. The van der Waals surface area contributed by atoms with Gasteiger partial charge in [0.05, 0.1) is 12.7 Å². The molecule has 2 aromatic carbocycles. The van der Waals surface area contributed by atoms with Crippen LogP contribution in [0.1, 0.15) is 31.8 Å². The van der Waals surface area contributed by atoms with E-state index >= 15 is 0 Å². The van der Waals surface area contributed by atoms with E-state index in [0.29, 0.717) is 10.9 Å². The fourth-order valence-corrected chi connectivity index (χ4v) is 3.70. The van der Waals surface area contributed by atoms with Gasteiger partial charge in [-0.25, -0.2) is 4.79 Å². The number of alkyl halides is 1. The van der Waals surface area contributed by atoms with Crippen LogP contribution in [0, 0.1) is 0 Å². The molecule has 7 heteroatoms. The van der Waals surface area contributed by atoms with Gasteiger partial charge >= 0.3 is 5.97 Å². The summed E-state index contributed by atoms with van der Waals surface area (Å²) in [5.74, 6) is -0.181. The van der Waals surface area contributed by atoms with Crippen molar-refractivity contribution in [3.63, 3.8) is 0 Å². The van der Waals surface area contributed by atoms with Crippen LogP contribution in [0.5, 0.6) is 0 Å². The first-order chi connectivity index (χ1) is 11.9. The minimum Gasteiger partial charge on any atom is -0.465 e. The third-order valence-corrected chi connectivity index (χ3v) is 5.26. The zero-order valence-corrected chi connectivity index (χ0v) is 18.4. The fraction of sp³-hybridized carbons (Fsp3) is 0.222. The van der Waals surface area contributed by atoms with Crippen molar-refractivity contribution in [3.8, 4) is 0 Å². The molecule has 0 aromatic heterocycles. The zero-order chi connectivity index (χ0) is 18.6. The van der Waals surface area contributed by atoms with E-state index in [1.807, 2.05) is 37.4 Å². The van der Waals surface area contributed by atoms with Crippen LogP contribution in [-0.2, 0) is 16.6 Å². The van der Waals surface area contributed by atoms with Crippen LogP contribution in [-0.4, -0.2) is 30.9 Å². The second-order valence-electron chi connectivity index (χ2n) is 5.39. The van der Waals surface area contributed by atoms with Crippen LogP contribution in [0.15, 0.2) is 45.3 Å². The molecule has 1 aliphatic heterocycles. The van der Waals surface area contributed by atoms with E-state index in [9.17, 15) is 9.59 Å². The van der Waals surface area contributed by atoms with Crippen LogP contribution in [0.25, 0.3) is 0 Å². The predicted molar refractivity (Wildman–Crippen MR) is 108 cm³/mol. The van der Waals surface area contributed by atoms with Crippen molar-refractivity contribution in [2.45, 2.75) is 11.9 Å². The molecule has 0 bridgehead atoms. The highest BCUT2D eigenvalue weighted by Crippen LogP contribution is 2.24. The van der Waals surface area contributed by atoms with Gasteiger partial charge in [-0.2, -0.15) is 0 Å². The van der Waals surface area contributed by atoms with Gasteiger partial charge in [-0.15, -0.1) is 0 Å². The SMILES string of the molecule is CN1Cc2cc(Br)ccc2C1=O.COC(=O)c1ccc(Br)cc1CBr. The largest absolute Gasteiger partial charge is 0.465 e. The Kier molecular flexibility index (Phi) is 7.22. The van der Waals surface area contributed by atoms with Crippen LogP contribution in [0.2, 0.25) is 0 Å². The summed E-state index contributed by atoms with van der Waals surface area (Å²) in [6, 6.07) is 11.2. The first-order valence-corrected chi connectivity index (χ1v) is 10.0. The van der Waals surface area contributed by atoms with Gasteiger partial charge in [-0.05, 0) is 47.5 Å². The van der Waals surface area contributed by atoms with Crippen molar-refractivity contribution in [1.82, 2.24) is 4.90 Å². The molecule has 0 N–H and O–H groups in total. The molecule has 0 saturated heterocycles. The van der Waals surface area contributed by atoms with E-state index in [1.165, 1.54) is 7.11 Å². The number of hydrogen-bond acceptors (Lipinski definition) is 3. The maximum atomic E-state index is 11.4. The summed E-state index contributed by atoms with van der Waals surface area (Å²) in [6.07, 6.45) is 0. The van der Waals surface area contributed by atoms with Crippen molar-refractivity contribution >= 4 is 59.7 Å². The molecule has 1 aliphatic rings. The highest BCUT2D eigenvalue weighted by Gasteiger charge is 2.23. The highest BCUT2D eigenvalue weighted by molar-refractivity contribution is 9.10. The first-order valence-electron chi connectivity index (χ1n) is 7.34. The third-order valence-electron chi connectivity index (χ3n) is 3.67. The molecule has 0 saturated carbocycles. The molecule has 0 fully saturated rings. The molecule has 0 aliphatic carbocycles. The number of benzene rings is 2. The summed E-state index contributed by atoms with van der Waals surface area (Å²) in [5, 5.41) is 0.636. The monoisotopic (exact) mass is 531 g/mol. The van der Waals surface area contributed by atoms with E-state index in [2.05, 4.69) is 52.5 Å². The van der Waals surface area contributed by atoms with Crippen molar-refractivity contribution in [3.05, 3.63) is 67.6 Å². The Bertz CT molecular complexity index is 808. The molecule has 1 amide bonds. The second-order valence-corrected chi connectivity index (χ2v) is 7.78. The molecule has 0 atom stereocenters. The number of halogens is 3. The van der Waals surface area contributed by atoms with Gasteiger partial charge in [0.15, 0.2) is 0 Å². The summed E-state index contributed by atoms with van der Waals surface area (Å²) in [5.41, 5.74) is 3.46. The lowest BCUT2D eigenvalue weighted by Crippen LogP contribution is -2.17. The maximum Gasteiger partial charge on any atom is 0.338 e. The van der Waals surface area contributed by atoms with Gasteiger partial charge in [0.2, 0.25) is 0 Å². The molecule has 4 nitrogen and oxygen atoms in total. The summed E-state index contributed by atoms with van der Waals surface area (Å²) >= 11 is 10.0. The molecule has 0 radical (unpaired) electrons. The van der Waals surface area contributed by atoms with Gasteiger partial charge in [0, 0.05) is 33.4 Å². The van der Waals surface area contributed by atoms with Gasteiger partial charge in [0.1, 0.15) is 0 Å². The van der Waals surface area contributed by atoms with Crippen LogP contribution in [0.3, 0.4) is 0 Å². The van der Waals surface area contributed by atoms with E-state index < -0.39 is 0 Å². The van der Waals surface area contributed by atoms with Crippen LogP contribution in [0.4, 0.5) is 0 Å². The molecule has 0 spiro atoms. The lowest BCUT2D eigenvalue weighted by Gasteiger charge is -2.04. The topological polar surface area (TPSA) is 46.6 Å². The Balaban J connectivity index is 0.000000181. The normalized spacial score (nSPS) is 12.4. The lowest BCUT2D eigenvalue weighted by molar-refractivity contribution is 0.0599. The van der Waals surface area contributed by atoms with Crippen LogP contribution >= 0.6 is 47.8 Å². The molecule has 0 unspecified atom stereocenters. The summed E-state index contributed by atoms with van der Waals surface area (Å²) in [6.45, 7) is 0.730. The lowest BCUT2D eigenvalue weighted by atomic mass is 10.1. The molecule has 1 heterocycles. The summed E-state index contributed by atoms with van der Waals surface area (Å²) in [4.78, 5) is 24.4. The van der Waals surface area contributed by atoms with Crippen molar-refractivity contribution < 1.29 is 14.3 Å². The van der Waals surface area contributed by atoms with Gasteiger partial charge in [-0.1, -0.05) is 47.8 Å². The number of carbonyl (C=O) groups is 2. The Hall–Kier alpha value is -1.18. The average Bonchev–Trinajstić information content (AvgIpc) is 2.88. The molecular weight excluding hydrogens is 518 g/mol. The number of amides is 1. The predicted octanol–water partition coefficient (Wildman–Crippen LogP) is 5.17. The number of esters is 1. The number of rotatable bonds is 2. The molecular formula is C18H16Br3NO3. The van der Waals surface area contributed by atoms with Crippen LogP contribution < -0.4 is 0 Å². The molecule has 25 heavy (non-hydrogen) atoms. The zero-order valence-electron chi connectivity index (χ0n) is 13.7. The summed E-state index contributed by atoms with van der Waals surface area (Å²) < 4.78 is 6.63. The molecule has 3 rings (SSSR count). The smallest absolute Gasteiger partial charge is 0.338 e. The molecule has 132 valence electrons. The van der Waals surface area contributed by atoms with E-state index in [4.69, 9.17) is 0 Å². The van der Waals surface area contributed by atoms with Gasteiger partial charge in [0.25, 0.3) is 5.91 Å². The number of methoxy groups -OCH3 is 1. The fourth-order valence-electron chi connectivity index (χ4n) is 2.42. The Morgan fingerprint density at radius 2 is 1.80 bits per heavy atom. The van der Waals surface area contributed by atoms with Crippen molar-refractivity contribution in [2.24, 2.45) is 0 Å². The van der Waals surface area contributed by atoms with E-state index in [0.717, 1.165) is 32.2 Å². The Labute approximate surface area is 171 Å². The first kappa shape index (κ1) is 20.1. The van der Waals surface area contributed by atoms with Gasteiger partial charge < -0.3 is 9.64 Å². The maximum absolute atomic E-state index is 11.4. The van der Waals surface area contributed by atoms with Crippen molar-refractivity contribution in [2.75, 3.05) is 14.2 Å². The standard InChI is InChI=1S/C9H8Br2O2.C9H8BrNO/c1-13-9(12)8-3-2-7(11)4-6(8)5-10;1-11-5-6-4-7(10)2-3-8(6)9(11)12/h2-4H,5H2,1H3;2-4H,5H2,1H3. The van der Waals surface area contributed by atoms with E-state index in [1.54, 1.807) is 11.0 Å². The number of hydrogen-bond donors (Lipinski definition) is 0. The minimum absolute atomic E-state index is 0.123. The quantitative estimate of drug-likeness (QED) is 0.395. The highest BCUT2D eigenvalue weighted by atomic mass is 79.9. The van der Waals surface area contributed by atoms with Gasteiger partial charge in [-0.3, -0.25) is 4.79 Å². The number of carbonyl (C=O) groups excluding carboxylic acids is 2.